The molecule has 1 aromatic carbocycles. The monoisotopic (exact) mass is 335 g/mol. The summed E-state index contributed by atoms with van der Waals surface area (Å²) in [6.45, 7) is 6.50. The zero-order valence-electron chi connectivity index (χ0n) is 8.45. The van der Waals surface area contributed by atoms with E-state index in [1.807, 2.05) is 36.4 Å². The summed E-state index contributed by atoms with van der Waals surface area (Å²) in [7, 11) is 0. The van der Waals surface area contributed by atoms with Crippen LogP contribution in [0.25, 0.3) is 0 Å². The van der Waals surface area contributed by atoms with Crippen LogP contribution in [0.5, 0.6) is 0 Å². The predicted octanol–water partition coefficient (Wildman–Crippen LogP) is 3.80. The van der Waals surface area contributed by atoms with Gasteiger partial charge in [-0.15, -0.1) is 0 Å². The van der Waals surface area contributed by atoms with Crippen LogP contribution in [-0.4, -0.2) is 0 Å². The van der Waals surface area contributed by atoms with Crippen LogP contribution in [-0.2, 0) is 21.1 Å². The van der Waals surface area contributed by atoms with Crippen LogP contribution in [0.3, 0.4) is 0 Å². The van der Waals surface area contributed by atoms with E-state index in [1.165, 1.54) is 0 Å². The average Bonchev–Trinajstić information content (AvgIpc) is 1.90. The van der Waals surface area contributed by atoms with Crippen molar-refractivity contribution in [3.63, 3.8) is 0 Å². The van der Waals surface area contributed by atoms with Crippen molar-refractivity contribution >= 4 is 0 Å². The molecule has 1 rings (SSSR count). The second-order valence-electron chi connectivity index (χ2n) is 2.89. The molecule has 70 valence electrons. The summed E-state index contributed by atoms with van der Waals surface area (Å²) in [6, 6.07) is 12.0. The number of rotatable bonds is 0. The van der Waals surface area contributed by atoms with Crippen molar-refractivity contribution in [2.45, 2.75) is 20.8 Å². The maximum absolute atomic E-state index is 2.17. The van der Waals surface area contributed by atoms with Crippen molar-refractivity contribution in [2.75, 3.05) is 0 Å². The SMILES string of the molecule is CC(C)C.[CH3-].[W].c1ccccc1. The molecule has 0 heterocycles. The zero-order valence-corrected chi connectivity index (χ0v) is 11.4. The van der Waals surface area contributed by atoms with E-state index in [-0.39, 0.29) is 28.5 Å². The van der Waals surface area contributed by atoms with Crippen LogP contribution in [0.1, 0.15) is 20.8 Å². The minimum atomic E-state index is 0. The third-order valence-electron chi connectivity index (χ3n) is 0.667. The first-order valence-corrected chi connectivity index (χ1v) is 3.73. The zero-order chi connectivity index (χ0) is 7.82. The molecule has 0 bridgehead atoms. The standard InChI is InChI=1S/C6H6.C4H10.CH3.W/c1-2-4-6-5-3-1;1-4(2)3;;/h1-6H;4H,1-3H3;1H3;/q;;-1;. The fourth-order valence-corrected chi connectivity index (χ4v) is 0.385. The van der Waals surface area contributed by atoms with Gasteiger partial charge >= 0.3 is 0 Å². The Labute approximate surface area is 91.7 Å². The molecule has 12 heavy (non-hydrogen) atoms. The molecule has 1 aromatic rings. The van der Waals surface area contributed by atoms with Crippen LogP contribution in [0, 0.1) is 13.3 Å². The summed E-state index contributed by atoms with van der Waals surface area (Å²) in [5.41, 5.74) is 0. The molecule has 0 fully saturated rings. The van der Waals surface area contributed by atoms with E-state index in [4.69, 9.17) is 0 Å². The fraction of sp³-hybridized carbons (Fsp3) is 0.364. The smallest absolute Gasteiger partial charge is 0 e. The number of hydrogen-bond acceptors (Lipinski definition) is 0. The Balaban J connectivity index is -0.000000124. The Bertz CT molecular complexity index is 105. The first kappa shape index (κ1) is 17.9. The summed E-state index contributed by atoms with van der Waals surface area (Å²) >= 11 is 0. The number of hydrogen-bond donors (Lipinski definition) is 0. The minimum Gasteiger partial charge on any atom is -0.358 e. The van der Waals surface area contributed by atoms with Gasteiger partial charge < -0.3 is 7.43 Å². The molecule has 0 saturated carbocycles. The van der Waals surface area contributed by atoms with Gasteiger partial charge in [-0.3, -0.25) is 0 Å². The molecule has 0 N–H and O–H groups in total. The quantitative estimate of drug-likeness (QED) is 0.633. The first-order valence-electron chi connectivity index (χ1n) is 3.73. The Morgan fingerprint density at radius 1 is 0.667 bits per heavy atom. The Kier molecular flexibility index (Phi) is 20.1. The van der Waals surface area contributed by atoms with Crippen LogP contribution in [0.15, 0.2) is 36.4 Å². The molecule has 0 amide bonds. The second-order valence-corrected chi connectivity index (χ2v) is 2.89. The molecule has 0 aliphatic carbocycles. The van der Waals surface area contributed by atoms with Gasteiger partial charge in [0.15, 0.2) is 0 Å². The summed E-state index contributed by atoms with van der Waals surface area (Å²) in [5.74, 6) is 0.833. The van der Waals surface area contributed by atoms with E-state index in [1.54, 1.807) is 0 Å². The van der Waals surface area contributed by atoms with Gasteiger partial charge in [0, 0.05) is 21.1 Å². The molecule has 0 aliphatic heterocycles. The van der Waals surface area contributed by atoms with Gasteiger partial charge in [0.05, 0.1) is 0 Å². The molecule has 1 heteroatoms. The summed E-state index contributed by atoms with van der Waals surface area (Å²) in [5, 5.41) is 0. The molecule has 0 aliphatic rings. The van der Waals surface area contributed by atoms with Gasteiger partial charge in [-0.25, -0.2) is 0 Å². The van der Waals surface area contributed by atoms with Crippen LogP contribution in [0.4, 0.5) is 0 Å². The normalized spacial score (nSPS) is 7.00. The molecule has 0 spiro atoms. The summed E-state index contributed by atoms with van der Waals surface area (Å²) in [4.78, 5) is 0. The van der Waals surface area contributed by atoms with E-state index in [9.17, 15) is 0 Å². The van der Waals surface area contributed by atoms with Crippen molar-refractivity contribution in [1.82, 2.24) is 0 Å². The Hall–Kier alpha value is -0.0917. The van der Waals surface area contributed by atoms with Crippen molar-refractivity contribution in [3.05, 3.63) is 43.8 Å². The van der Waals surface area contributed by atoms with Crippen molar-refractivity contribution in [3.8, 4) is 0 Å². The van der Waals surface area contributed by atoms with Crippen molar-refractivity contribution < 1.29 is 21.1 Å². The van der Waals surface area contributed by atoms with E-state index < -0.39 is 0 Å². The first-order chi connectivity index (χ1) is 4.73. The predicted molar refractivity (Wildman–Crippen MR) is 53.4 cm³/mol. The molecule has 0 atom stereocenters. The van der Waals surface area contributed by atoms with Crippen molar-refractivity contribution in [1.29, 1.82) is 0 Å². The topological polar surface area (TPSA) is 0 Å². The molecule has 0 nitrogen and oxygen atoms in total. The number of benzene rings is 1. The van der Waals surface area contributed by atoms with Gasteiger partial charge in [0.1, 0.15) is 0 Å². The molecular formula is C11H19W-. The van der Waals surface area contributed by atoms with Crippen LogP contribution in [0.2, 0.25) is 0 Å². The van der Waals surface area contributed by atoms with Crippen LogP contribution >= 0.6 is 0 Å². The van der Waals surface area contributed by atoms with Gasteiger partial charge in [0.25, 0.3) is 0 Å². The van der Waals surface area contributed by atoms with E-state index in [2.05, 4.69) is 20.8 Å². The largest absolute Gasteiger partial charge is 0.358 e. The minimum absolute atomic E-state index is 0. The average molecular weight is 335 g/mol. The van der Waals surface area contributed by atoms with E-state index in [0.29, 0.717) is 0 Å². The third kappa shape index (κ3) is 22.5. The summed E-state index contributed by atoms with van der Waals surface area (Å²) in [6.07, 6.45) is 0. The molecule has 0 saturated heterocycles. The van der Waals surface area contributed by atoms with Gasteiger partial charge in [0.2, 0.25) is 0 Å². The third-order valence-corrected chi connectivity index (χ3v) is 0.667. The fourth-order valence-electron chi connectivity index (χ4n) is 0.385. The molecule has 0 unspecified atom stereocenters. The molecule has 0 radical (unpaired) electrons. The summed E-state index contributed by atoms with van der Waals surface area (Å²) < 4.78 is 0. The van der Waals surface area contributed by atoms with Crippen LogP contribution < -0.4 is 0 Å². The Morgan fingerprint density at radius 2 is 0.750 bits per heavy atom. The molecule has 0 aromatic heterocycles. The Morgan fingerprint density at radius 3 is 0.833 bits per heavy atom. The molecular weight excluding hydrogens is 316 g/mol. The van der Waals surface area contributed by atoms with Crippen molar-refractivity contribution in [2.24, 2.45) is 5.92 Å². The van der Waals surface area contributed by atoms with Gasteiger partial charge in [-0.1, -0.05) is 57.2 Å². The maximum Gasteiger partial charge on any atom is 0 e. The van der Waals surface area contributed by atoms with E-state index >= 15 is 0 Å². The van der Waals surface area contributed by atoms with E-state index in [0.717, 1.165) is 5.92 Å². The maximum atomic E-state index is 2.17. The second kappa shape index (κ2) is 13.5. The van der Waals surface area contributed by atoms with Gasteiger partial charge in [-0.2, -0.15) is 0 Å². The van der Waals surface area contributed by atoms with Gasteiger partial charge in [-0.05, 0) is 5.92 Å².